The molecule has 1 aromatic rings. The number of nitrogens with one attached hydrogen (secondary N) is 1. The van der Waals surface area contributed by atoms with E-state index in [0.717, 1.165) is 37.2 Å². The Morgan fingerprint density at radius 2 is 2.09 bits per heavy atom. The van der Waals surface area contributed by atoms with Crippen molar-refractivity contribution >= 4 is 17.7 Å². The minimum absolute atomic E-state index is 0.100. The molecule has 4 aliphatic rings. The van der Waals surface area contributed by atoms with E-state index in [4.69, 9.17) is 0 Å². The van der Waals surface area contributed by atoms with Crippen LogP contribution >= 0.6 is 0 Å². The van der Waals surface area contributed by atoms with Crippen molar-refractivity contribution in [3.8, 4) is 0 Å². The minimum atomic E-state index is -0.517. The van der Waals surface area contributed by atoms with Gasteiger partial charge >= 0.3 is 6.03 Å². The van der Waals surface area contributed by atoms with Gasteiger partial charge in [0.25, 0.3) is 0 Å². The summed E-state index contributed by atoms with van der Waals surface area (Å²) in [5.41, 5.74) is 1.64. The number of aryl methyl sites for hydroxylation is 1. The van der Waals surface area contributed by atoms with Gasteiger partial charge in [-0.2, -0.15) is 0 Å². The molecule has 5 heterocycles. The fourth-order valence-corrected chi connectivity index (χ4v) is 5.81. The Bertz CT molecular complexity index is 1030. The Kier molecular flexibility index (Phi) is 5.42. The topological polar surface area (TPSA) is 77.0 Å². The maximum atomic E-state index is 14.3. The number of hydrogen-bond donors (Lipinski definition) is 1. The van der Waals surface area contributed by atoms with Gasteiger partial charge in [0.05, 0.1) is 24.8 Å². The molecule has 0 unspecified atom stereocenters. The summed E-state index contributed by atoms with van der Waals surface area (Å²) in [7, 11) is 0. The second kappa shape index (κ2) is 8.04. The predicted octanol–water partition coefficient (Wildman–Crippen LogP) is 3.06. The molecule has 9 heteroatoms. The van der Waals surface area contributed by atoms with Crippen LogP contribution in [0.2, 0.25) is 0 Å². The van der Waals surface area contributed by atoms with Crippen LogP contribution in [0.25, 0.3) is 0 Å². The summed E-state index contributed by atoms with van der Waals surface area (Å²) in [6, 6.07) is 0.780. The molecule has 5 rings (SSSR count). The second-order valence-corrected chi connectivity index (χ2v) is 10.5. The van der Waals surface area contributed by atoms with Gasteiger partial charge in [0.15, 0.2) is 11.6 Å². The van der Waals surface area contributed by atoms with Crippen molar-refractivity contribution in [2.45, 2.75) is 65.1 Å². The van der Waals surface area contributed by atoms with Gasteiger partial charge in [-0.25, -0.2) is 19.2 Å². The number of halogens is 1. The largest absolute Gasteiger partial charge is 0.322 e. The average molecular weight is 456 g/mol. The molecule has 0 aliphatic carbocycles. The summed E-state index contributed by atoms with van der Waals surface area (Å²) in [4.78, 5) is 33.3. The van der Waals surface area contributed by atoms with Crippen LogP contribution in [0, 0.1) is 18.7 Å². The van der Waals surface area contributed by atoms with Crippen molar-refractivity contribution in [2.24, 2.45) is 10.9 Å². The number of carbonyl (C=O) groups is 1. The smallest absolute Gasteiger partial charge is 0.321 e. The highest BCUT2D eigenvalue weighted by Gasteiger charge is 2.49. The Morgan fingerprint density at radius 3 is 2.85 bits per heavy atom. The first-order valence-corrected chi connectivity index (χ1v) is 12.0. The molecular weight excluding hydrogens is 421 g/mol. The van der Waals surface area contributed by atoms with Gasteiger partial charge in [0.2, 0.25) is 0 Å². The molecule has 8 nitrogen and oxygen atoms in total. The van der Waals surface area contributed by atoms with Crippen molar-refractivity contribution in [1.29, 1.82) is 0 Å². The number of carbonyl (C=O) groups excluding carboxylic acids is 1. The molecule has 33 heavy (non-hydrogen) atoms. The van der Waals surface area contributed by atoms with Crippen molar-refractivity contribution < 1.29 is 9.18 Å². The van der Waals surface area contributed by atoms with Crippen LogP contribution < -0.4 is 5.32 Å². The minimum Gasteiger partial charge on any atom is -0.322 e. The van der Waals surface area contributed by atoms with Crippen LogP contribution in [-0.2, 0) is 0 Å². The number of urea groups is 1. The highest BCUT2D eigenvalue weighted by molar-refractivity contribution is 6.11. The second-order valence-electron chi connectivity index (χ2n) is 10.5. The number of nitrogens with zero attached hydrogens (tertiary/aromatic N) is 6. The molecular formula is C24H34FN7O. The van der Waals surface area contributed by atoms with Crippen molar-refractivity contribution in [1.82, 2.24) is 24.7 Å². The van der Waals surface area contributed by atoms with E-state index in [0.29, 0.717) is 36.7 Å². The van der Waals surface area contributed by atoms with Gasteiger partial charge in [-0.15, -0.1) is 0 Å². The van der Waals surface area contributed by atoms with Gasteiger partial charge in [-0.3, -0.25) is 9.89 Å². The molecule has 0 saturated carbocycles. The molecule has 178 valence electrons. The van der Waals surface area contributed by atoms with Crippen LogP contribution in [-0.4, -0.2) is 86.9 Å². The van der Waals surface area contributed by atoms with Crippen LogP contribution in [0.3, 0.4) is 0 Å². The number of fused-ring (bicyclic) bond motifs is 1. The zero-order chi connectivity index (χ0) is 23.5. The highest BCUT2D eigenvalue weighted by Crippen LogP contribution is 2.40. The number of amides is 2. The lowest BCUT2D eigenvalue weighted by Crippen LogP contribution is -2.63. The molecule has 0 spiro atoms. The first-order chi connectivity index (χ1) is 15.7. The molecule has 2 amide bonds. The molecule has 2 fully saturated rings. The van der Waals surface area contributed by atoms with Crippen molar-refractivity contribution in [2.75, 3.05) is 38.0 Å². The Labute approximate surface area is 195 Å². The SMILES string of the molecule is Cc1ncc(F)c(NC2=NCC3=C2CN(C(=O)N2C[C@@H]4CCCN4C[C@@H]2C(C)C)C3(C)C)n1. The van der Waals surface area contributed by atoms with Gasteiger partial charge in [0, 0.05) is 30.7 Å². The number of anilines is 1. The Hall–Kier alpha value is -2.55. The predicted molar refractivity (Wildman–Crippen MR) is 126 cm³/mol. The molecule has 1 aromatic heterocycles. The highest BCUT2D eigenvalue weighted by atomic mass is 19.1. The molecule has 0 aromatic carbocycles. The molecule has 0 radical (unpaired) electrons. The van der Waals surface area contributed by atoms with Crippen molar-refractivity contribution in [3.05, 3.63) is 29.0 Å². The van der Waals surface area contributed by atoms with Crippen LogP contribution in [0.1, 0.15) is 46.4 Å². The number of rotatable bonds is 2. The zero-order valence-electron chi connectivity index (χ0n) is 20.2. The third-order valence-corrected chi connectivity index (χ3v) is 7.85. The van der Waals surface area contributed by atoms with E-state index in [1.165, 1.54) is 12.6 Å². The third kappa shape index (κ3) is 3.70. The van der Waals surface area contributed by atoms with Crippen LogP contribution in [0.5, 0.6) is 0 Å². The molecule has 2 saturated heterocycles. The molecule has 0 bridgehead atoms. The number of piperazine rings is 1. The summed E-state index contributed by atoms with van der Waals surface area (Å²) in [5.74, 6) is 1.09. The quantitative estimate of drug-likeness (QED) is 0.742. The number of amidine groups is 1. The van der Waals surface area contributed by atoms with E-state index >= 15 is 0 Å². The Balaban J connectivity index is 1.37. The van der Waals surface area contributed by atoms with E-state index in [1.54, 1.807) is 6.92 Å². The molecule has 4 aliphatic heterocycles. The number of aromatic nitrogens is 2. The number of hydrogen-bond acceptors (Lipinski definition) is 6. The molecule has 2 atom stereocenters. The lowest BCUT2D eigenvalue weighted by molar-refractivity contribution is 0.0324. The summed E-state index contributed by atoms with van der Waals surface area (Å²) >= 11 is 0. The van der Waals surface area contributed by atoms with E-state index in [1.807, 2.05) is 4.90 Å². The standard InChI is InChI=1S/C24H34FN7O/c1-14(2)20-13-30-8-6-7-16(30)11-31(20)23(33)32-12-17-18(24(32,4)5)9-27-21(17)29-22-19(25)10-26-15(3)28-22/h10,14,16,20H,6-9,11-13H2,1-5H3,(H,26,27,28,29)/t16-,20+/m0/s1. The van der Waals surface area contributed by atoms with Gasteiger partial charge in [0.1, 0.15) is 11.7 Å². The van der Waals surface area contributed by atoms with Gasteiger partial charge < -0.3 is 15.1 Å². The maximum absolute atomic E-state index is 14.3. The maximum Gasteiger partial charge on any atom is 0.321 e. The van der Waals surface area contributed by atoms with Crippen molar-refractivity contribution in [3.63, 3.8) is 0 Å². The van der Waals surface area contributed by atoms with E-state index in [9.17, 15) is 9.18 Å². The first kappa shape index (κ1) is 22.3. The lowest BCUT2D eigenvalue weighted by atomic mass is 9.93. The monoisotopic (exact) mass is 455 g/mol. The zero-order valence-corrected chi connectivity index (χ0v) is 20.2. The van der Waals surface area contributed by atoms with Gasteiger partial charge in [-0.05, 0) is 51.6 Å². The van der Waals surface area contributed by atoms with E-state index in [-0.39, 0.29) is 17.9 Å². The van der Waals surface area contributed by atoms with Gasteiger partial charge in [-0.1, -0.05) is 13.8 Å². The van der Waals surface area contributed by atoms with E-state index < -0.39 is 11.4 Å². The third-order valence-electron chi connectivity index (χ3n) is 7.85. The average Bonchev–Trinajstić information content (AvgIpc) is 3.45. The number of aliphatic imine (C=N–C) groups is 1. The van der Waals surface area contributed by atoms with Crippen LogP contribution in [0.15, 0.2) is 22.3 Å². The fourth-order valence-electron chi connectivity index (χ4n) is 5.81. The fraction of sp³-hybridized carbons (Fsp3) is 0.667. The summed E-state index contributed by atoms with van der Waals surface area (Å²) < 4.78 is 14.3. The summed E-state index contributed by atoms with van der Waals surface area (Å²) in [5, 5.41) is 3.06. The summed E-state index contributed by atoms with van der Waals surface area (Å²) in [6.45, 7) is 14.2. The Morgan fingerprint density at radius 1 is 1.30 bits per heavy atom. The summed E-state index contributed by atoms with van der Waals surface area (Å²) in [6.07, 6.45) is 3.54. The molecule has 1 N–H and O–H groups in total. The normalized spacial score (nSPS) is 26.7. The van der Waals surface area contributed by atoms with Crippen LogP contribution in [0.4, 0.5) is 15.0 Å². The van der Waals surface area contributed by atoms with E-state index in [2.05, 4.69) is 57.8 Å². The lowest BCUT2D eigenvalue weighted by Gasteiger charge is -2.48. The first-order valence-electron chi connectivity index (χ1n) is 12.0.